The van der Waals surface area contributed by atoms with Crippen molar-refractivity contribution in [3.63, 3.8) is 0 Å². The van der Waals surface area contributed by atoms with Gasteiger partial charge < -0.3 is 10.1 Å². The highest BCUT2D eigenvalue weighted by molar-refractivity contribution is 5.95. The second kappa shape index (κ2) is 8.01. The number of rotatable bonds is 5. The van der Waals surface area contributed by atoms with Crippen LogP contribution in [-0.4, -0.2) is 30.2 Å². The number of carbonyl (C=O) groups excluding carboxylic acids is 2. The van der Waals surface area contributed by atoms with Gasteiger partial charge in [0.1, 0.15) is 5.75 Å². The molecule has 0 bridgehead atoms. The summed E-state index contributed by atoms with van der Waals surface area (Å²) in [5.41, 5.74) is 4.12. The first-order chi connectivity index (χ1) is 12.6. The van der Waals surface area contributed by atoms with Crippen LogP contribution >= 0.6 is 0 Å². The van der Waals surface area contributed by atoms with Crippen LogP contribution in [0.15, 0.2) is 48.5 Å². The zero-order valence-electron chi connectivity index (χ0n) is 14.6. The Morgan fingerprint density at radius 1 is 1.08 bits per heavy atom. The molecule has 3 N–H and O–H groups in total. The van der Waals surface area contributed by atoms with Crippen molar-refractivity contribution in [1.29, 1.82) is 0 Å². The molecule has 3 rings (SSSR count). The summed E-state index contributed by atoms with van der Waals surface area (Å²) in [5.74, 6) is -0.288. The largest absolute Gasteiger partial charge is 0.496 e. The van der Waals surface area contributed by atoms with E-state index in [0.29, 0.717) is 12.0 Å². The van der Waals surface area contributed by atoms with E-state index in [4.69, 9.17) is 9.94 Å². The summed E-state index contributed by atoms with van der Waals surface area (Å²) in [6.45, 7) is 0. The smallest absolute Gasteiger partial charge is 0.251 e. The molecule has 1 aliphatic carbocycles. The Labute approximate surface area is 152 Å². The summed E-state index contributed by atoms with van der Waals surface area (Å²) in [7, 11) is 1.63. The predicted octanol–water partition coefficient (Wildman–Crippen LogP) is 2.77. The zero-order chi connectivity index (χ0) is 18.5. The van der Waals surface area contributed by atoms with Gasteiger partial charge in [0.15, 0.2) is 0 Å². The third-order valence-electron chi connectivity index (χ3n) is 4.84. The van der Waals surface area contributed by atoms with Crippen LogP contribution in [0.2, 0.25) is 0 Å². The fourth-order valence-electron chi connectivity index (χ4n) is 3.47. The summed E-state index contributed by atoms with van der Waals surface area (Å²) >= 11 is 0. The van der Waals surface area contributed by atoms with Gasteiger partial charge in [-0.2, -0.15) is 0 Å². The molecule has 0 heterocycles. The quantitative estimate of drug-likeness (QED) is 0.569. The van der Waals surface area contributed by atoms with Crippen LogP contribution in [0.1, 0.15) is 29.6 Å². The third kappa shape index (κ3) is 3.70. The van der Waals surface area contributed by atoms with Gasteiger partial charge in [-0.25, -0.2) is 5.48 Å². The van der Waals surface area contributed by atoms with Gasteiger partial charge in [0.05, 0.1) is 13.0 Å². The van der Waals surface area contributed by atoms with Gasteiger partial charge in [-0.1, -0.05) is 36.8 Å². The van der Waals surface area contributed by atoms with Crippen LogP contribution in [0.3, 0.4) is 0 Å². The fourth-order valence-corrected chi connectivity index (χ4v) is 3.47. The van der Waals surface area contributed by atoms with Crippen LogP contribution in [0, 0.1) is 5.92 Å². The number of hydrogen-bond donors (Lipinski definition) is 3. The van der Waals surface area contributed by atoms with Gasteiger partial charge in [0.25, 0.3) is 5.91 Å². The maximum atomic E-state index is 12.5. The Kier molecular flexibility index (Phi) is 5.53. The molecule has 0 radical (unpaired) electrons. The minimum atomic E-state index is -0.445. The van der Waals surface area contributed by atoms with Crippen molar-refractivity contribution in [2.45, 2.75) is 25.3 Å². The average Bonchev–Trinajstić information content (AvgIpc) is 3.15. The van der Waals surface area contributed by atoms with Gasteiger partial charge in [-0.05, 0) is 36.6 Å². The van der Waals surface area contributed by atoms with Gasteiger partial charge in [-0.15, -0.1) is 0 Å². The molecule has 1 saturated carbocycles. The van der Waals surface area contributed by atoms with Crippen LogP contribution in [0.25, 0.3) is 11.1 Å². The van der Waals surface area contributed by atoms with Crippen molar-refractivity contribution in [2.24, 2.45) is 5.92 Å². The number of amides is 2. The molecule has 0 spiro atoms. The molecule has 0 aliphatic heterocycles. The second-order valence-corrected chi connectivity index (χ2v) is 6.37. The number of ether oxygens (including phenoxy) is 1. The maximum Gasteiger partial charge on any atom is 0.251 e. The number of methoxy groups -OCH3 is 1. The molecule has 136 valence electrons. The van der Waals surface area contributed by atoms with Crippen molar-refractivity contribution in [3.05, 3.63) is 54.1 Å². The van der Waals surface area contributed by atoms with E-state index in [0.717, 1.165) is 29.7 Å². The molecule has 2 aromatic carbocycles. The number of nitrogens with one attached hydrogen (secondary N) is 2. The standard InChI is InChI=1S/C20H22N2O4/c1-26-18-8-3-2-5-15(18)13-9-11-14(12-10-13)19(23)21-17-7-4-6-16(17)20(24)22-25/h2-3,5,8-12,16-17,25H,4,6-7H2,1H3,(H,21,23)(H,22,24)/t16-,17+/m0/s1. The minimum absolute atomic E-state index is 0.223. The Morgan fingerprint density at radius 2 is 1.81 bits per heavy atom. The summed E-state index contributed by atoms with van der Waals surface area (Å²) < 4.78 is 5.37. The monoisotopic (exact) mass is 354 g/mol. The van der Waals surface area contributed by atoms with Gasteiger partial charge >= 0.3 is 0 Å². The highest BCUT2D eigenvalue weighted by atomic mass is 16.5. The SMILES string of the molecule is COc1ccccc1-c1ccc(C(=O)N[C@@H]2CCC[C@@H]2C(=O)NO)cc1. The molecule has 0 saturated heterocycles. The van der Waals surface area contributed by atoms with Gasteiger partial charge in [-0.3, -0.25) is 14.8 Å². The number of hydrogen-bond acceptors (Lipinski definition) is 4. The van der Waals surface area contributed by atoms with Crippen LogP contribution in [0.4, 0.5) is 0 Å². The summed E-state index contributed by atoms with van der Waals surface area (Å²) in [6.07, 6.45) is 2.23. The predicted molar refractivity (Wildman–Crippen MR) is 97.0 cm³/mol. The Bertz CT molecular complexity index is 789. The molecule has 0 aromatic heterocycles. The number of para-hydroxylation sites is 1. The molecule has 0 unspecified atom stereocenters. The number of carbonyl (C=O) groups is 2. The molecule has 1 aliphatic rings. The summed E-state index contributed by atoms with van der Waals surface area (Å²) in [4.78, 5) is 24.2. The molecule has 2 aromatic rings. The summed E-state index contributed by atoms with van der Waals surface area (Å²) in [6, 6.07) is 14.7. The van der Waals surface area contributed by atoms with Crippen molar-refractivity contribution >= 4 is 11.8 Å². The number of benzene rings is 2. The zero-order valence-corrected chi connectivity index (χ0v) is 14.6. The highest BCUT2D eigenvalue weighted by Crippen LogP contribution is 2.30. The Hall–Kier alpha value is -2.86. The van der Waals surface area contributed by atoms with E-state index < -0.39 is 11.8 Å². The first-order valence-corrected chi connectivity index (χ1v) is 8.62. The first kappa shape index (κ1) is 17.9. The first-order valence-electron chi connectivity index (χ1n) is 8.62. The minimum Gasteiger partial charge on any atom is -0.496 e. The Balaban J connectivity index is 1.72. The van der Waals surface area contributed by atoms with E-state index >= 15 is 0 Å². The van der Waals surface area contributed by atoms with E-state index in [9.17, 15) is 9.59 Å². The van der Waals surface area contributed by atoms with Crippen molar-refractivity contribution in [1.82, 2.24) is 10.8 Å². The maximum absolute atomic E-state index is 12.5. The topological polar surface area (TPSA) is 87.7 Å². The molecule has 1 fully saturated rings. The van der Waals surface area contributed by atoms with Crippen molar-refractivity contribution < 1.29 is 19.5 Å². The van der Waals surface area contributed by atoms with E-state index in [-0.39, 0.29) is 11.9 Å². The Morgan fingerprint density at radius 3 is 2.50 bits per heavy atom. The number of hydroxylamine groups is 1. The lowest BCUT2D eigenvalue weighted by molar-refractivity contribution is -0.133. The third-order valence-corrected chi connectivity index (χ3v) is 4.84. The van der Waals surface area contributed by atoms with Crippen molar-refractivity contribution in [3.8, 4) is 16.9 Å². The van der Waals surface area contributed by atoms with Crippen LogP contribution in [-0.2, 0) is 4.79 Å². The van der Waals surface area contributed by atoms with E-state index in [2.05, 4.69) is 5.32 Å². The van der Waals surface area contributed by atoms with Crippen LogP contribution in [0.5, 0.6) is 5.75 Å². The van der Waals surface area contributed by atoms with Crippen LogP contribution < -0.4 is 15.5 Å². The molecule has 2 atom stereocenters. The van der Waals surface area contributed by atoms with E-state index in [1.165, 1.54) is 0 Å². The second-order valence-electron chi connectivity index (χ2n) is 6.37. The van der Waals surface area contributed by atoms with Gasteiger partial charge in [0, 0.05) is 17.2 Å². The normalized spacial score (nSPS) is 19.0. The highest BCUT2D eigenvalue weighted by Gasteiger charge is 2.34. The average molecular weight is 354 g/mol. The van der Waals surface area contributed by atoms with E-state index in [1.54, 1.807) is 24.7 Å². The van der Waals surface area contributed by atoms with E-state index in [1.807, 2.05) is 36.4 Å². The lowest BCUT2D eigenvalue weighted by Gasteiger charge is -2.19. The van der Waals surface area contributed by atoms with Crippen molar-refractivity contribution in [2.75, 3.05) is 7.11 Å². The molecular weight excluding hydrogens is 332 g/mol. The lowest BCUT2D eigenvalue weighted by Crippen LogP contribution is -2.43. The molecule has 26 heavy (non-hydrogen) atoms. The molecule has 2 amide bonds. The lowest BCUT2D eigenvalue weighted by atomic mass is 10.0. The van der Waals surface area contributed by atoms with Gasteiger partial charge in [0.2, 0.25) is 5.91 Å². The fraction of sp³-hybridized carbons (Fsp3) is 0.300. The summed E-state index contributed by atoms with van der Waals surface area (Å²) in [5, 5.41) is 11.7. The molecule has 6 heteroatoms. The molecule has 6 nitrogen and oxygen atoms in total. The molecular formula is C20H22N2O4.